The van der Waals surface area contributed by atoms with Gasteiger partial charge in [0.15, 0.2) is 0 Å². The molecule has 0 amide bonds. The minimum atomic E-state index is 0.798. The normalized spacial score (nSPS) is 9.44. The maximum Gasteiger partial charge on any atom is 0.0414 e. The van der Waals surface area contributed by atoms with E-state index in [1.165, 1.54) is 168 Å². The summed E-state index contributed by atoms with van der Waals surface area (Å²) in [5.41, 5.74) is 7.60. The number of benzene rings is 15. The number of hydrogen-bond donors (Lipinski definition) is 0. The first kappa shape index (κ1) is 126. The SMILES string of the molecule is CC.CC.CC.CC.CC.CC.CC.CC.CC.CC.CC.CC.CSc1ccc2ccc3ccc(C)cc3c2c1SC.CSc1ccc2ccc3ccccc3c2c1SC.CSc1ccc2ccc3ccccc3c2c1SC.CSc1ccc2ccccc2c1SC.CSc1cccc(-c2cc(C)cc(Cl)c2)c1SC.CSc1cccc(-c2ccccc2)c1SC. The maximum atomic E-state index is 6.16. The van der Waals surface area contributed by atoms with E-state index in [1.54, 1.807) is 23.5 Å². The molecule has 692 valence electrons. The van der Waals surface area contributed by atoms with Crippen molar-refractivity contribution in [2.75, 3.05) is 75.1 Å². The molecule has 0 saturated carbocycles. The first-order chi connectivity index (χ1) is 62.3. The molecule has 13 heteroatoms. The topological polar surface area (TPSA) is 0 Å². The number of fused-ring (bicyclic) bond motifs is 10. The van der Waals surface area contributed by atoms with E-state index in [-0.39, 0.29) is 0 Å². The van der Waals surface area contributed by atoms with Crippen molar-refractivity contribution >= 4 is 228 Å². The Morgan fingerprint density at radius 3 is 0.772 bits per heavy atom. The molecule has 0 radical (unpaired) electrons. The van der Waals surface area contributed by atoms with Crippen LogP contribution in [-0.2, 0) is 0 Å². The standard InChI is InChI=1S/C17H16S2.2C16H14S2.C15H15ClS2.C14H14S2.C12H12S2.12C2H6/c1-11-4-5-12-6-7-13-8-9-15(18-2)17(19-3)16(13)14(12)10-11;2*1-17-14-10-9-12-8-7-11-5-3-4-6-13(11)15(12)16(14)18-2;1-10-7-11(9-12(16)8-10)13-5-4-6-14(17-2)15(13)18-3;1-15-13-10-6-9-12(14(13)16-2)11-7-4-3-5-8-11;1-13-11-8-7-9-5-3-4-6-10(9)12(11)14-2;12*1-2/h4-10H,1-3H3;2*3-10H,1-2H3;4-9H,1-3H3;3-10H,1-2H3;3-8H,1-2H3;12*1-2H3. The largest absolute Gasteiger partial charge is 0.128 e. The fourth-order valence-electron chi connectivity index (χ4n) is 12.7. The molecular formula is C114H157ClS12. The van der Waals surface area contributed by atoms with E-state index in [1.807, 2.05) is 296 Å². The fraction of sp³-hybridized carbons (Fsp3) is 0.333. The second-order valence-electron chi connectivity index (χ2n) is 23.5. The summed E-state index contributed by atoms with van der Waals surface area (Å²) < 4.78 is 0. The summed E-state index contributed by atoms with van der Waals surface area (Å²) in [4.78, 5) is 16.5. The molecule has 0 fully saturated rings. The summed E-state index contributed by atoms with van der Waals surface area (Å²) in [5.74, 6) is 0. The zero-order chi connectivity index (χ0) is 96.9. The summed E-state index contributed by atoms with van der Waals surface area (Å²) in [6, 6.07) is 93.4. The molecule has 0 heterocycles. The number of halogens is 1. The van der Waals surface area contributed by atoms with Crippen molar-refractivity contribution in [1.82, 2.24) is 0 Å². The smallest absolute Gasteiger partial charge is 0.0414 e. The van der Waals surface area contributed by atoms with Gasteiger partial charge in [-0.1, -0.05) is 396 Å². The van der Waals surface area contributed by atoms with Gasteiger partial charge in [0.1, 0.15) is 0 Å². The Kier molecular flexibility index (Phi) is 77.4. The van der Waals surface area contributed by atoms with Crippen LogP contribution >= 0.6 is 153 Å². The summed E-state index contributed by atoms with van der Waals surface area (Å²) in [6.07, 6.45) is 25.7. The molecule has 0 aliphatic rings. The predicted molar refractivity (Wildman–Crippen MR) is 624 cm³/mol. The van der Waals surface area contributed by atoms with Gasteiger partial charge in [-0.3, -0.25) is 0 Å². The van der Waals surface area contributed by atoms with Gasteiger partial charge in [-0.05, 0) is 225 Å². The van der Waals surface area contributed by atoms with Crippen LogP contribution in [0.15, 0.2) is 320 Å². The molecule has 0 bridgehead atoms. The number of thioether (sulfide) groups is 12. The summed E-state index contributed by atoms with van der Waals surface area (Å²) >= 11 is 28.0. The van der Waals surface area contributed by atoms with Crippen LogP contribution in [0.25, 0.3) is 97.7 Å². The first-order valence-electron chi connectivity index (χ1n) is 45.3. The third-order valence-corrected chi connectivity index (χ3v) is 28.2. The molecule has 0 N–H and O–H groups in total. The Morgan fingerprint density at radius 1 is 0.173 bits per heavy atom. The highest BCUT2D eigenvalue weighted by Crippen LogP contribution is 2.44. The van der Waals surface area contributed by atoms with E-state index < -0.39 is 0 Å². The van der Waals surface area contributed by atoms with Crippen LogP contribution in [-0.4, -0.2) is 75.1 Å². The van der Waals surface area contributed by atoms with E-state index in [0.29, 0.717) is 0 Å². The molecule has 0 nitrogen and oxygen atoms in total. The average molecular weight is 1950 g/mol. The quantitative estimate of drug-likeness (QED) is 0.0752. The van der Waals surface area contributed by atoms with Gasteiger partial charge < -0.3 is 0 Å². The van der Waals surface area contributed by atoms with Gasteiger partial charge in [0.05, 0.1) is 0 Å². The van der Waals surface area contributed by atoms with Crippen LogP contribution in [0.5, 0.6) is 0 Å². The van der Waals surface area contributed by atoms with E-state index in [2.05, 4.69) is 338 Å². The first-order valence-corrected chi connectivity index (χ1v) is 60.3. The minimum Gasteiger partial charge on any atom is -0.128 e. The lowest BCUT2D eigenvalue weighted by Gasteiger charge is -2.12. The highest BCUT2D eigenvalue weighted by Gasteiger charge is 2.16. The molecular weight excluding hydrogens is 1790 g/mol. The van der Waals surface area contributed by atoms with E-state index in [9.17, 15) is 0 Å². The monoisotopic (exact) mass is 1940 g/mol. The zero-order valence-corrected chi connectivity index (χ0v) is 95.2. The second kappa shape index (κ2) is 78.1. The Morgan fingerprint density at radius 2 is 0.433 bits per heavy atom. The van der Waals surface area contributed by atoms with Crippen LogP contribution in [0.1, 0.15) is 177 Å². The highest BCUT2D eigenvalue weighted by atomic mass is 35.5. The fourth-order valence-corrected chi connectivity index (χ4v) is 23.1. The Labute approximate surface area is 832 Å². The molecule has 0 unspecified atom stereocenters. The van der Waals surface area contributed by atoms with Crippen LogP contribution in [0, 0.1) is 13.8 Å². The van der Waals surface area contributed by atoms with Crippen molar-refractivity contribution in [2.45, 2.75) is 239 Å². The molecule has 15 rings (SSSR count). The summed E-state index contributed by atoms with van der Waals surface area (Å²) in [6.45, 7) is 52.2. The van der Waals surface area contributed by atoms with Crippen molar-refractivity contribution in [3.05, 3.63) is 277 Å². The molecule has 15 aromatic carbocycles. The molecule has 0 aromatic heterocycles. The molecule has 0 aliphatic heterocycles. The van der Waals surface area contributed by atoms with Gasteiger partial charge in [0.2, 0.25) is 0 Å². The molecule has 0 saturated heterocycles. The van der Waals surface area contributed by atoms with Crippen molar-refractivity contribution in [3.8, 4) is 22.3 Å². The van der Waals surface area contributed by atoms with Crippen molar-refractivity contribution in [3.63, 3.8) is 0 Å². The van der Waals surface area contributed by atoms with E-state index >= 15 is 0 Å². The molecule has 15 aromatic rings. The second-order valence-corrected chi connectivity index (χ2v) is 34.0. The van der Waals surface area contributed by atoms with Gasteiger partial charge in [-0.25, -0.2) is 0 Å². The Hall–Kier alpha value is -5.39. The van der Waals surface area contributed by atoms with Gasteiger partial charge in [0, 0.05) is 79.9 Å². The van der Waals surface area contributed by atoms with Crippen molar-refractivity contribution < 1.29 is 0 Å². The molecule has 127 heavy (non-hydrogen) atoms. The lowest BCUT2D eigenvalue weighted by atomic mass is 10.0. The molecule has 0 aliphatic carbocycles. The number of aryl methyl sites for hydroxylation is 2. The Balaban J connectivity index is -0.00000139. The van der Waals surface area contributed by atoms with Gasteiger partial charge in [0.25, 0.3) is 0 Å². The Bertz CT molecular complexity index is 5240. The van der Waals surface area contributed by atoms with Crippen LogP contribution < -0.4 is 0 Å². The van der Waals surface area contributed by atoms with E-state index in [0.717, 1.165) is 5.02 Å². The highest BCUT2D eigenvalue weighted by molar-refractivity contribution is 8.03. The zero-order valence-electron chi connectivity index (χ0n) is 84.6. The van der Waals surface area contributed by atoms with Crippen LogP contribution in [0.4, 0.5) is 0 Å². The van der Waals surface area contributed by atoms with E-state index in [4.69, 9.17) is 11.6 Å². The number of hydrogen-bond acceptors (Lipinski definition) is 12. The summed E-state index contributed by atoms with van der Waals surface area (Å²) in [5, 5.41) is 19.7. The van der Waals surface area contributed by atoms with Crippen LogP contribution in [0.2, 0.25) is 5.02 Å². The maximum absolute atomic E-state index is 6.16. The van der Waals surface area contributed by atoms with Crippen LogP contribution in [0.3, 0.4) is 0 Å². The van der Waals surface area contributed by atoms with Gasteiger partial charge in [-0.15, -0.1) is 141 Å². The third kappa shape index (κ3) is 37.9. The van der Waals surface area contributed by atoms with Gasteiger partial charge in [-0.2, -0.15) is 0 Å². The average Bonchev–Trinajstić information content (AvgIpc) is 0.772. The predicted octanol–water partition coefficient (Wildman–Crippen LogP) is 43.8. The third-order valence-electron chi connectivity index (χ3n) is 17.5. The lowest BCUT2D eigenvalue weighted by Crippen LogP contribution is -1.86. The summed E-state index contributed by atoms with van der Waals surface area (Å²) in [7, 11) is 0. The molecule has 0 spiro atoms. The lowest BCUT2D eigenvalue weighted by molar-refractivity contribution is 1.26. The number of rotatable bonds is 14. The molecule has 0 atom stereocenters. The van der Waals surface area contributed by atoms with Crippen molar-refractivity contribution in [1.29, 1.82) is 0 Å². The van der Waals surface area contributed by atoms with Crippen molar-refractivity contribution in [2.24, 2.45) is 0 Å². The van der Waals surface area contributed by atoms with Gasteiger partial charge >= 0.3 is 0 Å². The minimum absolute atomic E-state index is 0.798.